The van der Waals surface area contributed by atoms with Crippen molar-refractivity contribution in [2.45, 2.75) is 12.8 Å². The van der Waals surface area contributed by atoms with Gasteiger partial charge in [0.1, 0.15) is 6.61 Å². The van der Waals surface area contributed by atoms with Crippen molar-refractivity contribution in [1.29, 1.82) is 0 Å². The molecule has 0 aliphatic rings. The number of nitrogens with zero attached hydrogens (tertiary/aromatic N) is 3. The molecule has 0 heterocycles. The zero-order valence-electron chi connectivity index (χ0n) is 20.6. The minimum atomic E-state index is -0.248. The van der Waals surface area contributed by atoms with Crippen molar-refractivity contribution >= 4 is 23.0 Å². The highest BCUT2D eigenvalue weighted by molar-refractivity contribution is 5.66. The molecule has 174 valence electrons. The molecule has 0 spiro atoms. The minimum Gasteiger partial charge on any atom is -0.464 e. The molecule has 0 N–H and O–H groups in total. The molecule has 3 aromatic carbocycles. The van der Waals surface area contributed by atoms with Gasteiger partial charge in [-0.25, -0.2) is 0 Å². The van der Waals surface area contributed by atoms with Gasteiger partial charge in [0.25, 0.3) is 0 Å². The van der Waals surface area contributed by atoms with Gasteiger partial charge in [-0.15, -0.1) is 0 Å². The molecule has 0 aliphatic carbocycles. The number of likely N-dealkylation sites (N-methyl/N-ethyl adjacent to an activating group) is 1. The average molecular weight is 446 g/mol. The molecule has 0 aliphatic heterocycles. The summed E-state index contributed by atoms with van der Waals surface area (Å²) in [6, 6.07) is 26.2. The van der Waals surface area contributed by atoms with Crippen LogP contribution in [0.25, 0.3) is 0 Å². The first-order chi connectivity index (χ1) is 15.8. The van der Waals surface area contributed by atoms with Crippen LogP contribution >= 0.6 is 0 Å². The number of esters is 1. The predicted octanol–water partition coefficient (Wildman–Crippen LogP) is 5.00. The minimum absolute atomic E-state index is 0.137. The highest BCUT2D eigenvalue weighted by Gasteiger charge is 2.18. The lowest BCUT2D eigenvalue weighted by Gasteiger charge is -2.23. The smallest absolute Gasteiger partial charge is 0.302 e. The standard InChI is InChI=1S/C28H35N3O2/c1-21(32)33-20-19-31(6)27-17-11-24(12-18-27)28(22-7-13-25(14-8-22)29(2)3)23-9-15-26(16-10-23)30(4)5/h7-18,28H,19-20H2,1-6H3. The van der Waals surface area contributed by atoms with Crippen LogP contribution in [0.4, 0.5) is 17.1 Å². The topological polar surface area (TPSA) is 36.0 Å². The molecule has 5 nitrogen and oxygen atoms in total. The van der Waals surface area contributed by atoms with Crippen LogP contribution in [0.3, 0.4) is 0 Å². The molecule has 3 aromatic rings. The summed E-state index contributed by atoms with van der Waals surface area (Å²) in [5.41, 5.74) is 7.22. The van der Waals surface area contributed by atoms with Crippen molar-refractivity contribution in [3.8, 4) is 0 Å². The molecule has 0 unspecified atom stereocenters. The van der Waals surface area contributed by atoms with Gasteiger partial charge in [0, 0.05) is 65.1 Å². The first-order valence-electron chi connectivity index (χ1n) is 11.3. The molecular formula is C28H35N3O2. The van der Waals surface area contributed by atoms with E-state index in [1.807, 2.05) is 7.05 Å². The lowest BCUT2D eigenvalue weighted by Crippen LogP contribution is -2.23. The quantitative estimate of drug-likeness (QED) is 0.342. The monoisotopic (exact) mass is 445 g/mol. The fraction of sp³-hybridized carbons (Fsp3) is 0.321. The lowest BCUT2D eigenvalue weighted by molar-refractivity contribution is -0.140. The van der Waals surface area contributed by atoms with E-state index in [9.17, 15) is 4.79 Å². The van der Waals surface area contributed by atoms with E-state index in [1.165, 1.54) is 35.0 Å². The van der Waals surface area contributed by atoms with E-state index in [2.05, 4.69) is 116 Å². The summed E-state index contributed by atoms with van der Waals surface area (Å²) in [6.45, 7) is 2.47. The Morgan fingerprint density at radius 3 is 1.36 bits per heavy atom. The molecule has 0 bridgehead atoms. The first-order valence-corrected chi connectivity index (χ1v) is 11.3. The fourth-order valence-corrected chi connectivity index (χ4v) is 3.88. The Kier molecular flexibility index (Phi) is 7.99. The van der Waals surface area contributed by atoms with Gasteiger partial charge in [-0.2, -0.15) is 0 Å². The summed E-state index contributed by atoms with van der Waals surface area (Å²) >= 11 is 0. The first kappa shape index (κ1) is 24.2. The van der Waals surface area contributed by atoms with Crippen molar-refractivity contribution in [3.05, 3.63) is 89.5 Å². The molecule has 5 heteroatoms. The summed E-state index contributed by atoms with van der Waals surface area (Å²) in [5.74, 6) is -0.111. The molecule has 33 heavy (non-hydrogen) atoms. The van der Waals surface area contributed by atoms with Gasteiger partial charge in [0.2, 0.25) is 0 Å². The number of carbonyl (C=O) groups is 1. The third-order valence-electron chi connectivity index (χ3n) is 5.88. The summed E-state index contributed by atoms with van der Waals surface area (Å²) in [4.78, 5) is 17.4. The Balaban J connectivity index is 1.91. The molecule has 0 radical (unpaired) electrons. The molecule has 0 amide bonds. The van der Waals surface area contributed by atoms with Crippen LogP contribution in [0.1, 0.15) is 29.5 Å². The van der Waals surface area contributed by atoms with Gasteiger partial charge in [-0.05, 0) is 53.1 Å². The Hall–Kier alpha value is -3.47. The molecular weight excluding hydrogens is 410 g/mol. The van der Waals surface area contributed by atoms with Gasteiger partial charge in [-0.3, -0.25) is 4.79 Å². The zero-order valence-corrected chi connectivity index (χ0v) is 20.6. The second kappa shape index (κ2) is 10.9. The molecule has 0 aromatic heterocycles. The van der Waals surface area contributed by atoms with Crippen LogP contribution in [0.5, 0.6) is 0 Å². The van der Waals surface area contributed by atoms with Crippen molar-refractivity contribution in [2.24, 2.45) is 0 Å². The Bertz CT molecular complexity index is 975. The van der Waals surface area contributed by atoms with Crippen molar-refractivity contribution in [2.75, 3.05) is 63.1 Å². The summed E-state index contributed by atoms with van der Waals surface area (Å²) in [5, 5.41) is 0. The van der Waals surface area contributed by atoms with E-state index in [4.69, 9.17) is 4.74 Å². The fourth-order valence-electron chi connectivity index (χ4n) is 3.88. The van der Waals surface area contributed by atoms with Gasteiger partial charge >= 0.3 is 5.97 Å². The van der Waals surface area contributed by atoms with Crippen LogP contribution < -0.4 is 14.7 Å². The number of anilines is 3. The van der Waals surface area contributed by atoms with Crippen molar-refractivity contribution in [1.82, 2.24) is 0 Å². The molecule has 3 rings (SSSR count). The van der Waals surface area contributed by atoms with E-state index >= 15 is 0 Å². The molecule has 0 atom stereocenters. The van der Waals surface area contributed by atoms with Gasteiger partial charge in [-0.1, -0.05) is 36.4 Å². The third-order valence-corrected chi connectivity index (χ3v) is 5.88. The second-order valence-electron chi connectivity index (χ2n) is 8.76. The maximum Gasteiger partial charge on any atom is 0.302 e. The Morgan fingerprint density at radius 1 is 0.667 bits per heavy atom. The SMILES string of the molecule is CC(=O)OCCN(C)c1ccc(C(c2ccc(N(C)C)cc2)c2ccc(N(C)C)cc2)cc1. The third kappa shape index (κ3) is 6.28. The van der Waals surface area contributed by atoms with Gasteiger partial charge < -0.3 is 19.4 Å². The largest absolute Gasteiger partial charge is 0.464 e. The van der Waals surface area contributed by atoms with Gasteiger partial charge in [0.15, 0.2) is 0 Å². The van der Waals surface area contributed by atoms with Crippen LogP contribution in [-0.4, -0.2) is 54.4 Å². The van der Waals surface area contributed by atoms with E-state index in [0.29, 0.717) is 13.2 Å². The van der Waals surface area contributed by atoms with E-state index in [-0.39, 0.29) is 11.9 Å². The Labute approximate surface area is 198 Å². The van der Waals surface area contributed by atoms with Crippen molar-refractivity contribution < 1.29 is 9.53 Å². The normalized spacial score (nSPS) is 10.8. The van der Waals surface area contributed by atoms with Crippen LogP contribution in [-0.2, 0) is 9.53 Å². The molecule has 0 saturated carbocycles. The Morgan fingerprint density at radius 2 is 1.03 bits per heavy atom. The summed E-state index contributed by atoms with van der Waals surface area (Å²) in [6.07, 6.45) is 0. The average Bonchev–Trinajstić information content (AvgIpc) is 2.80. The van der Waals surface area contributed by atoms with Crippen LogP contribution in [0, 0.1) is 0 Å². The maximum absolute atomic E-state index is 11.0. The number of hydrogen-bond donors (Lipinski definition) is 0. The zero-order chi connectivity index (χ0) is 24.0. The predicted molar refractivity (Wildman–Crippen MR) is 139 cm³/mol. The maximum atomic E-state index is 11.0. The number of carbonyl (C=O) groups excluding carboxylic acids is 1. The molecule has 0 fully saturated rings. The van der Waals surface area contributed by atoms with Crippen LogP contribution in [0.15, 0.2) is 72.8 Å². The lowest BCUT2D eigenvalue weighted by atomic mass is 9.85. The van der Waals surface area contributed by atoms with Gasteiger partial charge in [0.05, 0.1) is 6.54 Å². The number of hydrogen-bond acceptors (Lipinski definition) is 5. The van der Waals surface area contributed by atoms with Crippen molar-refractivity contribution in [3.63, 3.8) is 0 Å². The summed E-state index contributed by atoms with van der Waals surface area (Å²) < 4.78 is 5.08. The molecule has 0 saturated heterocycles. The number of benzene rings is 3. The van der Waals surface area contributed by atoms with E-state index < -0.39 is 0 Å². The summed E-state index contributed by atoms with van der Waals surface area (Å²) in [7, 11) is 10.2. The van der Waals surface area contributed by atoms with E-state index in [1.54, 1.807) is 0 Å². The highest BCUT2D eigenvalue weighted by Crippen LogP contribution is 2.34. The van der Waals surface area contributed by atoms with Crippen LogP contribution in [0.2, 0.25) is 0 Å². The van der Waals surface area contributed by atoms with E-state index in [0.717, 1.165) is 5.69 Å². The highest BCUT2D eigenvalue weighted by atomic mass is 16.5. The number of rotatable bonds is 9. The second-order valence-corrected chi connectivity index (χ2v) is 8.76. The number of ether oxygens (including phenoxy) is 1.